The molecule has 1 aliphatic rings. The van der Waals surface area contributed by atoms with E-state index in [0.717, 1.165) is 18.8 Å². The third-order valence-corrected chi connectivity index (χ3v) is 3.25. The van der Waals surface area contributed by atoms with Crippen molar-refractivity contribution in [1.29, 1.82) is 0 Å². The molecular weight excluding hydrogens is 232 g/mol. The van der Waals surface area contributed by atoms with Gasteiger partial charge in [-0.1, -0.05) is 0 Å². The number of nitro groups is 1. The summed E-state index contributed by atoms with van der Waals surface area (Å²) in [4.78, 5) is 16.1. The van der Waals surface area contributed by atoms with Crippen LogP contribution in [0.4, 0.5) is 11.5 Å². The van der Waals surface area contributed by atoms with Gasteiger partial charge >= 0.3 is 5.82 Å². The Labute approximate surface area is 106 Å². The van der Waals surface area contributed by atoms with Crippen LogP contribution in [0.25, 0.3) is 0 Å². The summed E-state index contributed by atoms with van der Waals surface area (Å²) in [6.07, 6.45) is 3.99. The third kappa shape index (κ3) is 3.40. The highest BCUT2D eigenvalue weighted by Gasteiger charge is 2.17. The molecule has 0 radical (unpaired) electrons. The van der Waals surface area contributed by atoms with Gasteiger partial charge in [0.25, 0.3) is 0 Å². The molecule has 1 saturated heterocycles. The van der Waals surface area contributed by atoms with Gasteiger partial charge in [0.1, 0.15) is 0 Å². The van der Waals surface area contributed by atoms with Crippen molar-refractivity contribution < 1.29 is 4.92 Å². The lowest BCUT2D eigenvalue weighted by atomic mass is 9.98. The topological polar surface area (TPSA) is 71.3 Å². The molecule has 98 valence electrons. The van der Waals surface area contributed by atoms with Crippen molar-refractivity contribution in [2.45, 2.75) is 12.8 Å². The number of likely N-dealkylation sites (tertiary alicyclic amines) is 1. The van der Waals surface area contributed by atoms with Crippen molar-refractivity contribution in [1.82, 2.24) is 9.88 Å². The van der Waals surface area contributed by atoms with Crippen molar-refractivity contribution in [2.24, 2.45) is 5.92 Å². The number of aromatic nitrogens is 1. The number of anilines is 1. The number of pyridine rings is 1. The maximum atomic E-state index is 10.5. The molecule has 1 N–H and O–H groups in total. The van der Waals surface area contributed by atoms with Crippen LogP contribution in [0.1, 0.15) is 12.8 Å². The van der Waals surface area contributed by atoms with Gasteiger partial charge in [0.05, 0.1) is 5.69 Å². The molecule has 6 nitrogen and oxygen atoms in total. The first kappa shape index (κ1) is 12.8. The van der Waals surface area contributed by atoms with Crippen molar-refractivity contribution in [2.75, 3.05) is 32.0 Å². The zero-order chi connectivity index (χ0) is 13.0. The molecule has 2 heterocycles. The van der Waals surface area contributed by atoms with Crippen molar-refractivity contribution >= 4 is 11.5 Å². The summed E-state index contributed by atoms with van der Waals surface area (Å²) in [6, 6.07) is 3.13. The summed E-state index contributed by atoms with van der Waals surface area (Å²) in [5.41, 5.74) is 0.842. The Morgan fingerprint density at radius 1 is 1.61 bits per heavy atom. The molecule has 0 saturated carbocycles. The van der Waals surface area contributed by atoms with E-state index < -0.39 is 4.92 Å². The van der Waals surface area contributed by atoms with Crippen LogP contribution in [0, 0.1) is 16.0 Å². The zero-order valence-electron chi connectivity index (χ0n) is 10.5. The minimum atomic E-state index is -0.486. The Morgan fingerprint density at radius 3 is 3.06 bits per heavy atom. The highest BCUT2D eigenvalue weighted by Crippen LogP contribution is 2.17. The molecule has 0 amide bonds. The maximum Gasteiger partial charge on any atom is 0.363 e. The van der Waals surface area contributed by atoms with Crippen molar-refractivity contribution in [3.05, 3.63) is 28.4 Å². The number of piperidine rings is 1. The van der Waals surface area contributed by atoms with E-state index in [1.807, 2.05) is 0 Å². The Kier molecular flexibility index (Phi) is 4.09. The molecule has 0 aliphatic carbocycles. The predicted octanol–water partition coefficient (Wildman–Crippen LogP) is 1.74. The number of rotatable bonds is 4. The van der Waals surface area contributed by atoms with Crippen LogP contribution in [0.5, 0.6) is 0 Å². The molecule has 1 atom stereocenters. The molecule has 1 fully saturated rings. The first-order valence-corrected chi connectivity index (χ1v) is 6.18. The van der Waals surface area contributed by atoms with Gasteiger partial charge in [-0.2, -0.15) is 0 Å². The summed E-state index contributed by atoms with van der Waals surface area (Å²) >= 11 is 0. The Balaban J connectivity index is 1.84. The van der Waals surface area contributed by atoms with Gasteiger partial charge in [-0.05, 0) is 48.3 Å². The Bertz CT molecular complexity index is 407. The molecule has 2 rings (SSSR count). The van der Waals surface area contributed by atoms with E-state index in [0.29, 0.717) is 5.92 Å². The molecule has 18 heavy (non-hydrogen) atoms. The second-order valence-corrected chi connectivity index (χ2v) is 4.81. The largest absolute Gasteiger partial charge is 0.382 e. The minimum absolute atomic E-state index is 0.113. The SMILES string of the molecule is CN1CCCC(CNc2ccc([N+](=O)[O-])nc2)C1. The summed E-state index contributed by atoms with van der Waals surface area (Å²) in [5, 5.41) is 13.8. The van der Waals surface area contributed by atoms with Gasteiger partial charge in [-0.3, -0.25) is 0 Å². The maximum absolute atomic E-state index is 10.5. The van der Waals surface area contributed by atoms with E-state index in [1.54, 1.807) is 6.07 Å². The van der Waals surface area contributed by atoms with E-state index in [2.05, 4.69) is 22.2 Å². The number of hydrogen-bond acceptors (Lipinski definition) is 5. The van der Waals surface area contributed by atoms with E-state index >= 15 is 0 Å². The standard InChI is InChI=1S/C12H18N4O2/c1-15-6-2-3-10(9-15)7-13-11-4-5-12(14-8-11)16(17)18/h4-5,8,10,13H,2-3,6-7,9H2,1H3. The summed E-state index contributed by atoms with van der Waals surface area (Å²) in [7, 11) is 2.14. The fraction of sp³-hybridized carbons (Fsp3) is 0.583. The molecule has 1 aliphatic heterocycles. The van der Waals surface area contributed by atoms with E-state index in [1.165, 1.54) is 31.6 Å². The number of nitrogens with zero attached hydrogens (tertiary/aromatic N) is 3. The summed E-state index contributed by atoms with van der Waals surface area (Å²) in [6.45, 7) is 3.17. The quantitative estimate of drug-likeness (QED) is 0.651. The van der Waals surface area contributed by atoms with Crippen molar-refractivity contribution in [3.8, 4) is 0 Å². The van der Waals surface area contributed by atoms with Gasteiger partial charge < -0.3 is 20.3 Å². The number of nitrogens with one attached hydrogen (secondary N) is 1. The van der Waals surface area contributed by atoms with Gasteiger partial charge in [-0.25, -0.2) is 0 Å². The molecular formula is C12H18N4O2. The van der Waals surface area contributed by atoms with E-state index in [-0.39, 0.29) is 5.82 Å². The average molecular weight is 250 g/mol. The van der Waals surface area contributed by atoms with Crippen LogP contribution < -0.4 is 5.32 Å². The molecule has 1 aromatic heterocycles. The van der Waals surface area contributed by atoms with Crippen LogP contribution in [0.3, 0.4) is 0 Å². The first-order chi connectivity index (χ1) is 8.65. The van der Waals surface area contributed by atoms with Crippen LogP contribution in [-0.4, -0.2) is 41.5 Å². The lowest BCUT2D eigenvalue weighted by molar-refractivity contribution is -0.389. The predicted molar refractivity (Wildman–Crippen MR) is 69.6 cm³/mol. The fourth-order valence-electron chi connectivity index (χ4n) is 2.30. The smallest absolute Gasteiger partial charge is 0.363 e. The van der Waals surface area contributed by atoms with Crippen LogP contribution in [0.15, 0.2) is 18.3 Å². The molecule has 0 aromatic carbocycles. The third-order valence-electron chi connectivity index (χ3n) is 3.25. The Hall–Kier alpha value is -1.69. The van der Waals surface area contributed by atoms with Crippen LogP contribution in [-0.2, 0) is 0 Å². The second-order valence-electron chi connectivity index (χ2n) is 4.81. The van der Waals surface area contributed by atoms with Gasteiger partial charge in [0.15, 0.2) is 6.20 Å². The Morgan fingerprint density at radius 2 is 2.44 bits per heavy atom. The van der Waals surface area contributed by atoms with Gasteiger partial charge in [0, 0.05) is 19.2 Å². The summed E-state index contributed by atoms with van der Waals surface area (Å²) in [5.74, 6) is 0.525. The second kappa shape index (κ2) is 5.77. The highest BCUT2D eigenvalue weighted by atomic mass is 16.6. The van der Waals surface area contributed by atoms with Gasteiger partial charge in [0.2, 0.25) is 0 Å². The number of hydrogen-bond donors (Lipinski definition) is 1. The average Bonchev–Trinajstić information content (AvgIpc) is 2.37. The van der Waals surface area contributed by atoms with Crippen LogP contribution in [0.2, 0.25) is 0 Å². The lowest BCUT2D eigenvalue weighted by Crippen LogP contribution is -2.35. The van der Waals surface area contributed by atoms with Crippen LogP contribution >= 0.6 is 0 Å². The van der Waals surface area contributed by atoms with Gasteiger partial charge in [-0.15, -0.1) is 0 Å². The highest BCUT2D eigenvalue weighted by molar-refractivity contribution is 5.43. The molecule has 0 bridgehead atoms. The summed E-state index contributed by atoms with van der Waals surface area (Å²) < 4.78 is 0. The normalized spacial score (nSPS) is 20.6. The first-order valence-electron chi connectivity index (χ1n) is 6.18. The monoisotopic (exact) mass is 250 g/mol. The lowest BCUT2D eigenvalue weighted by Gasteiger charge is -2.29. The fourth-order valence-corrected chi connectivity index (χ4v) is 2.30. The minimum Gasteiger partial charge on any atom is -0.382 e. The van der Waals surface area contributed by atoms with Crippen molar-refractivity contribution in [3.63, 3.8) is 0 Å². The molecule has 6 heteroatoms. The molecule has 1 aromatic rings. The molecule has 0 spiro atoms. The zero-order valence-corrected chi connectivity index (χ0v) is 10.5. The van der Waals surface area contributed by atoms with E-state index in [4.69, 9.17) is 0 Å². The van der Waals surface area contributed by atoms with E-state index in [9.17, 15) is 10.1 Å². The molecule has 1 unspecified atom stereocenters.